The predicted octanol–water partition coefficient (Wildman–Crippen LogP) is 2.08. The number of hydrogen-bond acceptors (Lipinski definition) is 3. The van der Waals surface area contributed by atoms with Crippen molar-refractivity contribution in [3.63, 3.8) is 0 Å². The maximum atomic E-state index is 6.07. The molecule has 0 saturated heterocycles. The Morgan fingerprint density at radius 3 is 2.72 bits per heavy atom. The van der Waals surface area contributed by atoms with Crippen LogP contribution in [0.1, 0.15) is 29.8 Å². The highest BCUT2D eigenvalue weighted by Crippen LogP contribution is 2.37. The van der Waals surface area contributed by atoms with Gasteiger partial charge in [0.25, 0.3) is 0 Å². The molecule has 1 atom stereocenters. The first-order valence-corrected chi connectivity index (χ1v) is 6.26. The normalized spacial score (nSPS) is 19.1. The van der Waals surface area contributed by atoms with Gasteiger partial charge in [0.15, 0.2) is 0 Å². The zero-order valence-corrected chi connectivity index (χ0v) is 10.8. The van der Waals surface area contributed by atoms with E-state index in [2.05, 4.69) is 41.2 Å². The molecule has 0 fully saturated rings. The summed E-state index contributed by atoms with van der Waals surface area (Å²) in [7, 11) is 1.90. The van der Waals surface area contributed by atoms with Crippen molar-refractivity contribution in [2.24, 2.45) is 7.05 Å². The molecule has 18 heavy (non-hydrogen) atoms. The molecule has 1 unspecified atom stereocenters. The van der Waals surface area contributed by atoms with Crippen molar-refractivity contribution in [3.8, 4) is 0 Å². The molecule has 0 spiro atoms. The molecule has 3 rings (SSSR count). The first kappa shape index (κ1) is 11.3. The van der Waals surface area contributed by atoms with Crippen molar-refractivity contribution >= 4 is 5.82 Å². The molecule has 0 saturated carbocycles. The predicted molar refractivity (Wildman–Crippen MR) is 71.7 cm³/mol. The van der Waals surface area contributed by atoms with E-state index >= 15 is 0 Å². The SMILES string of the molecule is CC1c2c(nn(C)c2N)CN1Cc1ccccc1. The second-order valence-corrected chi connectivity index (χ2v) is 4.94. The van der Waals surface area contributed by atoms with Crippen LogP contribution in [0.5, 0.6) is 0 Å². The average molecular weight is 242 g/mol. The minimum Gasteiger partial charge on any atom is -0.384 e. The molecular weight excluding hydrogens is 224 g/mol. The lowest BCUT2D eigenvalue weighted by Crippen LogP contribution is -2.21. The van der Waals surface area contributed by atoms with Gasteiger partial charge in [-0.15, -0.1) is 0 Å². The number of nitrogens with two attached hydrogens (primary N) is 1. The number of rotatable bonds is 2. The van der Waals surface area contributed by atoms with Gasteiger partial charge < -0.3 is 5.73 Å². The third kappa shape index (κ3) is 1.69. The minimum absolute atomic E-state index is 0.342. The Morgan fingerprint density at radius 2 is 2.06 bits per heavy atom. The molecule has 4 heteroatoms. The van der Waals surface area contributed by atoms with Crippen molar-refractivity contribution in [2.75, 3.05) is 5.73 Å². The number of aryl methyl sites for hydroxylation is 1. The highest BCUT2D eigenvalue weighted by molar-refractivity contribution is 5.47. The summed E-state index contributed by atoms with van der Waals surface area (Å²) in [6, 6.07) is 10.9. The quantitative estimate of drug-likeness (QED) is 0.877. The molecule has 1 aliphatic rings. The van der Waals surface area contributed by atoms with E-state index in [1.54, 1.807) is 4.68 Å². The van der Waals surface area contributed by atoms with Gasteiger partial charge in [0.2, 0.25) is 0 Å². The highest BCUT2D eigenvalue weighted by Gasteiger charge is 2.32. The summed E-state index contributed by atoms with van der Waals surface area (Å²) in [6.07, 6.45) is 0. The van der Waals surface area contributed by atoms with Gasteiger partial charge in [0.05, 0.1) is 5.69 Å². The molecule has 0 amide bonds. The number of fused-ring (bicyclic) bond motifs is 1. The molecule has 1 aromatic carbocycles. The van der Waals surface area contributed by atoms with Crippen LogP contribution in [0, 0.1) is 0 Å². The second-order valence-electron chi connectivity index (χ2n) is 4.94. The van der Waals surface area contributed by atoms with E-state index in [-0.39, 0.29) is 0 Å². The highest BCUT2D eigenvalue weighted by atomic mass is 15.3. The van der Waals surface area contributed by atoms with E-state index in [1.807, 2.05) is 13.1 Å². The second kappa shape index (κ2) is 4.14. The van der Waals surface area contributed by atoms with Gasteiger partial charge >= 0.3 is 0 Å². The molecule has 0 radical (unpaired) electrons. The standard InChI is InChI=1S/C14H18N4/c1-10-13-12(16-17(2)14(13)15)9-18(10)8-11-6-4-3-5-7-11/h3-7,10H,8-9,15H2,1-2H3. The third-order valence-electron chi connectivity index (χ3n) is 3.75. The number of benzene rings is 1. The van der Waals surface area contributed by atoms with Crippen LogP contribution in [0.15, 0.2) is 30.3 Å². The van der Waals surface area contributed by atoms with Gasteiger partial charge in [-0.1, -0.05) is 30.3 Å². The Balaban J connectivity index is 1.83. The number of aromatic nitrogens is 2. The topological polar surface area (TPSA) is 47.1 Å². The molecule has 0 bridgehead atoms. The van der Waals surface area contributed by atoms with Crippen LogP contribution in [-0.4, -0.2) is 14.7 Å². The summed E-state index contributed by atoms with van der Waals surface area (Å²) in [4.78, 5) is 2.41. The van der Waals surface area contributed by atoms with Gasteiger partial charge in [-0.2, -0.15) is 5.10 Å². The minimum atomic E-state index is 0.342. The maximum absolute atomic E-state index is 6.07. The molecule has 0 aliphatic carbocycles. The Labute approximate surface area is 107 Å². The number of anilines is 1. The molecule has 94 valence electrons. The lowest BCUT2D eigenvalue weighted by atomic mass is 10.1. The van der Waals surface area contributed by atoms with Crippen molar-refractivity contribution in [3.05, 3.63) is 47.2 Å². The first-order chi connectivity index (χ1) is 8.66. The van der Waals surface area contributed by atoms with Gasteiger partial charge in [-0.05, 0) is 12.5 Å². The fraction of sp³-hybridized carbons (Fsp3) is 0.357. The van der Waals surface area contributed by atoms with E-state index in [0.717, 1.165) is 24.6 Å². The smallest absolute Gasteiger partial charge is 0.126 e. The van der Waals surface area contributed by atoms with Crippen molar-refractivity contribution in [2.45, 2.75) is 26.1 Å². The number of nitrogens with zero attached hydrogens (tertiary/aromatic N) is 3. The molecule has 2 heterocycles. The summed E-state index contributed by atoms with van der Waals surface area (Å²) in [6.45, 7) is 4.03. The largest absolute Gasteiger partial charge is 0.384 e. The Hall–Kier alpha value is -1.81. The summed E-state index contributed by atoms with van der Waals surface area (Å²) >= 11 is 0. The lowest BCUT2D eigenvalue weighted by Gasteiger charge is -2.22. The summed E-state index contributed by atoms with van der Waals surface area (Å²) in [5.74, 6) is 0.799. The van der Waals surface area contributed by atoms with Gasteiger partial charge in [-0.25, -0.2) is 0 Å². The van der Waals surface area contributed by atoms with Crippen molar-refractivity contribution < 1.29 is 0 Å². The number of hydrogen-bond donors (Lipinski definition) is 1. The van der Waals surface area contributed by atoms with E-state index in [9.17, 15) is 0 Å². The zero-order chi connectivity index (χ0) is 12.7. The fourth-order valence-corrected chi connectivity index (χ4v) is 2.71. The van der Waals surface area contributed by atoms with Crippen LogP contribution >= 0.6 is 0 Å². The summed E-state index contributed by atoms with van der Waals surface area (Å²) in [5.41, 5.74) is 9.73. The van der Waals surface area contributed by atoms with E-state index in [1.165, 1.54) is 11.1 Å². The fourth-order valence-electron chi connectivity index (χ4n) is 2.71. The van der Waals surface area contributed by atoms with E-state index in [0.29, 0.717) is 6.04 Å². The molecule has 4 nitrogen and oxygen atoms in total. The third-order valence-corrected chi connectivity index (χ3v) is 3.75. The van der Waals surface area contributed by atoms with Crippen LogP contribution in [0.3, 0.4) is 0 Å². The zero-order valence-electron chi connectivity index (χ0n) is 10.8. The molecule has 1 aliphatic heterocycles. The van der Waals surface area contributed by atoms with E-state index < -0.39 is 0 Å². The molecular formula is C14H18N4. The molecule has 1 aromatic heterocycles. The summed E-state index contributed by atoms with van der Waals surface area (Å²) in [5, 5.41) is 4.48. The average Bonchev–Trinajstić information content (AvgIpc) is 2.80. The van der Waals surface area contributed by atoms with Crippen LogP contribution in [0.25, 0.3) is 0 Å². The van der Waals surface area contributed by atoms with Gasteiger partial charge in [0, 0.05) is 31.7 Å². The van der Waals surface area contributed by atoms with Gasteiger partial charge in [-0.3, -0.25) is 9.58 Å². The first-order valence-electron chi connectivity index (χ1n) is 6.26. The van der Waals surface area contributed by atoms with E-state index in [4.69, 9.17) is 5.73 Å². The van der Waals surface area contributed by atoms with Crippen molar-refractivity contribution in [1.82, 2.24) is 14.7 Å². The Kier molecular flexibility index (Phi) is 2.59. The van der Waals surface area contributed by atoms with Crippen LogP contribution < -0.4 is 5.73 Å². The Morgan fingerprint density at radius 1 is 1.33 bits per heavy atom. The summed E-state index contributed by atoms with van der Waals surface area (Å²) < 4.78 is 1.78. The maximum Gasteiger partial charge on any atom is 0.126 e. The monoisotopic (exact) mass is 242 g/mol. The lowest BCUT2D eigenvalue weighted by molar-refractivity contribution is 0.217. The van der Waals surface area contributed by atoms with Crippen LogP contribution in [0.2, 0.25) is 0 Å². The number of nitrogen functional groups attached to an aromatic ring is 1. The Bertz CT molecular complexity index is 559. The van der Waals surface area contributed by atoms with Crippen molar-refractivity contribution in [1.29, 1.82) is 0 Å². The molecule has 2 aromatic rings. The van der Waals surface area contributed by atoms with Crippen LogP contribution in [0.4, 0.5) is 5.82 Å². The molecule has 2 N–H and O–H groups in total. The van der Waals surface area contributed by atoms with Crippen LogP contribution in [-0.2, 0) is 20.1 Å². The van der Waals surface area contributed by atoms with Gasteiger partial charge in [0.1, 0.15) is 5.82 Å².